The number of halogens is 1. The fourth-order valence-electron chi connectivity index (χ4n) is 2.78. The molecule has 23 heavy (non-hydrogen) atoms. The van der Waals surface area contributed by atoms with E-state index in [2.05, 4.69) is 15.1 Å². The Balaban J connectivity index is 1.49. The van der Waals surface area contributed by atoms with E-state index in [0.717, 1.165) is 42.6 Å². The predicted molar refractivity (Wildman–Crippen MR) is 95.2 cm³/mol. The molecule has 1 saturated heterocycles. The van der Waals surface area contributed by atoms with Gasteiger partial charge in [0.15, 0.2) is 0 Å². The topological polar surface area (TPSA) is 35.6 Å². The maximum atomic E-state index is 12.1. The van der Waals surface area contributed by atoms with Crippen molar-refractivity contribution < 1.29 is 4.79 Å². The molecular formula is C18H20ClN3O. The van der Waals surface area contributed by atoms with E-state index in [0.29, 0.717) is 6.54 Å². The number of piperazine rings is 1. The van der Waals surface area contributed by atoms with Crippen LogP contribution in [-0.2, 0) is 4.79 Å². The zero-order valence-corrected chi connectivity index (χ0v) is 13.7. The van der Waals surface area contributed by atoms with Gasteiger partial charge in [-0.05, 0) is 24.3 Å². The van der Waals surface area contributed by atoms with E-state index in [1.807, 2.05) is 54.6 Å². The number of nitrogens with zero attached hydrogens (tertiary/aromatic N) is 2. The Morgan fingerprint density at radius 3 is 2.30 bits per heavy atom. The van der Waals surface area contributed by atoms with Crippen molar-refractivity contribution in [1.29, 1.82) is 0 Å². The largest absolute Gasteiger partial charge is 0.368 e. The third-order valence-corrected chi connectivity index (χ3v) is 4.31. The Bertz CT molecular complexity index is 654. The van der Waals surface area contributed by atoms with Gasteiger partial charge in [-0.15, -0.1) is 0 Å². The molecule has 0 atom stereocenters. The first-order valence-electron chi connectivity index (χ1n) is 7.79. The second kappa shape index (κ2) is 7.49. The number of amides is 1. The van der Waals surface area contributed by atoms with Crippen molar-refractivity contribution in [3.05, 3.63) is 59.6 Å². The molecule has 0 aliphatic carbocycles. The van der Waals surface area contributed by atoms with Crippen molar-refractivity contribution >= 4 is 28.9 Å². The summed E-state index contributed by atoms with van der Waals surface area (Å²) in [5.74, 6) is 0.0300. The molecule has 0 bridgehead atoms. The number of carbonyl (C=O) groups excluding carboxylic acids is 1. The third kappa shape index (κ3) is 4.24. The average molecular weight is 330 g/mol. The van der Waals surface area contributed by atoms with Gasteiger partial charge in [0, 0.05) is 31.9 Å². The monoisotopic (exact) mass is 329 g/mol. The fourth-order valence-corrected chi connectivity index (χ4v) is 3.04. The van der Waals surface area contributed by atoms with Crippen LogP contribution in [0.2, 0.25) is 5.02 Å². The van der Waals surface area contributed by atoms with E-state index >= 15 is 0 Å². The molecule has 4 nitrogen and oxygen atoms in total. The van der Waals surface area contributed by atoms with Crippen LogP contribution in [0.5, 0.6) is 0 Å². The number of benzene rings is 2. The Morgan fingerprint density at radius 2 is 1.61 bits per heavy atom. The highest BCUT2D eigenvalue weighted by Gasteiger charge is 2.20. The molecule has 2 aromatic carbocycles. The van der Waals surface area contributed by atoms with Crippen LogP contribution in [0, 0.1) is 0 Å². The van der Waals surface area contributed by atoms with Crippen LogP contribution in [0.4, 0.5) is 11.4 Å². The molecule has 3 rings (SSSR count). The third-order valence-electron chi connectivity index (χ3n) is 3.99. The number of nitrogens with one attached hydrogen (secondary N) is 1. The summed E-state index contributed by atoms with van der Waals surface area (Å²) in [6.07, 6.45) is 0. The predicted octanol–water partition coefficient (Wildman–Crippen LogP) is 3.10. The molecule has 1 fully saturated rings. The fraction of sp³-hybridized carbons (Fsp3) is 0.278. The lowest BCUT2D eigenvalue weighted by atomic mass is 10.2. The zero-order chi connectivity index (χ0) is 16.1. The number of hydrogen-bond acceptors (Lipinski definition) is 3. The summed E-state index contributed by atoms with van der Waals surface area (Å²) in [5.41, 5.74) is 1.91. The lowest BCUT2D eigenvalue weighted by Gasteiger charge is -2.36. The number of anilines is 2. The molecular weight excluding hydrogens is 310 g/mol. The highest BCUT2D eigenvalue weighted by atomic mass is 35.5. The standard InChI is InChI=1S/C18H20ClN3O/c19-16-8-4-5-9-17(16)22-12-10-21(11-13-22)14-18(23)20-15-6-2-1-3-7-15/h1-9H,10-14H2,(H,20,23). The molecule has 120 valence electrons. The number of rotatable bonds is 4. The van der Waals surface area contributed by atoms with Gasteiger partial charge in [-0.2, -0.15) is 0 Å². The highest BCUT2D eigenvalue weighted by molar-refractivity contribution is 6.33. The Hall–Kier alpha value is -2.04. The number of carbonyl (C=O) groups is 1. The van der Waals surface area contributed by atoms with Crippen LogP contribution in [0.15, 0.2) is 54.6 Å². The van der Waals surface area contributed by atoms with Gasteiger partial charge >= 0.3 is 0 Å². The molecule has 0 radical (unpaired) electrons. The van der Waals surface area contributed by atoms with Crippen molar-refractivity contribution in [1.82, 2.24) is 4.90 Å². The lowest BCUT2D eigenvalue weighted by molar-refractivity contribution is -0.117. The van der Waals surface area contributed by atoms with E-state index in [-0.39, 0.29) is 5.91 Å². The van der Waals surface area contributed by atoms with Gasteiger partial charge < -0.3 is 10.2 Å². The summed E-state index contributed by atoms with van der Waals surface area (Å²) in [6.45, 7) is 3.89. The van der Waals surface area contributed by atoms with Gasteiger partial charge in [-0.1, -0.05) is 41.9 Å². The summed E-state index contributed by atoms with van der Waals surface area (Å²) in [5, 5.41) is 3.71. The molecule has 0 aromatic heterocycles. The molecule has 1 N–H and O–H groups in total. The molecule has 1 aliphatic heterocycles. The summed E-state index contributed by atoms with van der Waals surface area (Å²) in [4.78, 5) is 16.5. The molecule has 1 amide bonds. The van der Waals surface area contributed by atoms with Crippen LogP contribution < -0.4 is 10.2 Å². The minimum absolute atomic E-state index is 0.0300. The Labute approximate surface area is 141 Å². The van der Waals surface area contributed by atoms with Crippen molar-refractivity contribution in [2.45, 2.75) is 0 Å². The minimum atomic E-state index is 0.0300. The smallest absolute Gasteiger partial charge is 0.238 e. The van der Waals surface area contributed by atoms with Crippen LogP contribution in [0.3, 0.4) is 0 Å². The zero-order valence-electron chi connectivity index (χ0n) is 12.9. The van der Waals surface area contributed by atoms with Crippen molar-refractivity contribution in [2.24, 2.45) is 0 Å². The SMILES string of the molecule is O=C(CN1CCN(c2ccccc2Cl)CC1)Nc1ccccc1. The summed E-state index contributed by atoms with van der Waals surface area (Å²) in [7, 11) is 0. The van der Waals surface area contributed by atoms with Crippen LogP contribution >= 0.6 is 11.6 Å². The van der Waals surface area contributed by atoms with Gasteiger partial charge in [0.1, 0.15) is 0 Å². The Kier molecular flexibility index (Phi) is 5.16. The van der Waals surface area contributed by atoms with E-state index in [9.17, 15) is 4.79 Å². The van der Waals surface area contributed by atoms with E-state index in [1.165, 1.54) is 0 Å². The first-order valence-corrected chi connectivity index (χ1v) is 8.17. The van der Waals surface area contributed by atoms with E-state index in [1.54, 1.807) is 0 Å². The summed E-state index contributed by atoms with van der Waals surface area (Å²) < 4.78 is 0. The second-order valence-electron chi connectivity index (χ2n) is 5.63. The van der Waals surface area contributed by atoms with Crippen molar-refractivity contribution in [3.63, 3.8) is 0 Å². The maximum absolute atomic E-state index is 12.1. The quantitative estimate of drug-likeness (QED) is 0.936. The second-order valence-corrected chi connectivity index (χ2v) is 6.04. The average Bonchev–Trinajstić information content (AvgIpc) is 2.57. The number of para-hydroxylation sites is 2. The summed E-state index contributed by atoms with van der Waals surface area (Å²) in [6, 6.07) is 17.5. The molecule has 1 aliphatic rings. The van der Waals surface area contributed by atoms with E-state index < -0.39 is 0 Å². The van der Waals surface area contributed by atoms with Gasteiger partial charge in [0.05, 0.1) is 17.3 Å². The maximum Gasteiger partial charge on any atom is 0.238 e. The molecule has 0 spiro atoms. The van der Waals surface area contributed by atoms with Crippen molar-refractivity contribution in [2.75, 3.05) is 42.9 Å². The van der Waals surface area contributed by atoms with Crippen molar-refractivity contribution in [3.8, 4) is 0 Å². The molecule has 0 saturated carbocycles. The molecule has 2 aromatic rings. The molecule has 5 heteroatoms. The van der Waals surface area contributed by atoms with E-state index in [4.69, 9.17) is 11.6 Å². The first kappa shape index (κ1) is 15.8. The normalized spacial score (nSPS) is 15.4. The highest BCUT2D eigenvalue weighted by Crippen LogP contribution is 2.25. The lowest BCUT2D eigenvalue weighted by Crippen LogP contribution is -2.48. The molecule has 0 unspecified atom stereocenters. The van der Waals surface area contributed by atoms with Gasteiger partial charge in [0.25, 0.3) is 0 Å². The van der Waals surface area contributed by atoms with Crippen LogP contribution in [0.1, 0.15) is 0 Å². The van der Waals surface area contributed by atoms with Crippen LogP contribution in [-0.4, -0.2) is 43.5 Å². The molecule has 1 heterocycles. The number of hydrogen-bond donors (Lipinski definition) is 1. The van der Waals surface area contributed by atoms with Crippen LogP contribution in [0.25, 0.3) is 0 Å². The minimum Gasteiger partial charge on any atom is -0.368 e. The first-order chi connectivity index (χ1) is 11.2. The van der Waals surface area contributed by atoms with Gasteiger partial charge in [-0.3, -0.25) is 9.69 Å². The van der Waals surface area contributed by atoms with Gasteiger partial charge in [0.2, 0.25) is 5.91 Å². The Morgan fingerprint density at radius 1 is 0.957 bits per heavy atom. The van der Waals surface area contributed by atoms with Gasteiger partial charge in [-0.25, -0.2) is 0 Å². The summed E-state index contributed by atoms with van der Waals surface area (Å²) >= 11 is 6.25.